The van der Waals surface area contributed by atoms with Crippen LogP contribution in [0, 0.1) is 0 Å². The van der Waals surface area contributed by atoms with Gasteiger partial charge in [-0.3, -0.25) is 0 Å². The zero-order chi connectivity index (χ0) is 35.0. The first-order chi connectivity index (χ1) is 24.9. The van der Waals surface area contributed by atoms with Crippen LogP contribution in [0.4, 0.5) is 11.4 Å². The van der Waals surface area contributed by atoms with Gasteiger partial charge in [0.15, 0.2) is 0 Å². The van der Waals surface area contributed by atoms with Gasteiger partial charge in [-0.25, -0.2) is 0 Å². The van der Waals surface area contributed by atoms with Gasteiger partial charge in [0.1, 0.15) is 0 Å². The van der Waals surface area contributed by atoms with Gasteiger partial charge >= 0.3 is 0 Å². The van der Waals surface area contributed by atoms with Gasteiger partial charge in [-0.2, -0.15) is 0 Å². The van der Waals surface area contributed by atoms with Gasteiger partial charge in [0.25, 0.3) is 0 Å². The summed E-state index contributed by atoms with van der Waals surface area (Å²) in [5.41, 5.74) is 10.8. The van der Waals surface area contributed by atoms with Crippen LogP contribution >= 0.6 is 23.2 Å². The van der Waals surface area contributed by atoms with Gasteiger partial charge in [-0.15, -0.1) is 0 Å². The molecule has 0 aromatic heterocycles. The standard InChI is InChI=1S/C47H42Cl2N2/c1-50-42-25-23-38(48)27-40(42)46(30-34-15-7-3-8-16-34,31-35-17-9-4-10-18-35)44(50)29-45-47(32-36-19-11-5-12-20-36,33-37-21-13-6-14-22-37)41-28-39(49)24-26-43(41)51(45)2/h3-29,44H,30-33H2,1-2H3/b45-29+. The number of fused-ring (bicyclic) bond motifs is 2. The van der Waals surface area contributed by atoms with E-state index in [0.29, 0.717) is 0 Å². The van der Waals surface area contributed by atoms with Crippen LogP contribution < -0.4 is 9.80 Å². The van der Waals surface area contributed by atoms with Crippen molar-refractivity contribution in [2.45, 2.75) is 42.6 Å². The average Bonchev–Trinajstić information content (AvgIpc) is 3.49. The molecule has 1 atom stereocenters. The Labute approximate surface area is 312 Å². The van der Waals surface area contributed by atoms with E-state index in [1.165, 1.54) is 50.5 Å². The first-order valence-corrected chi connectivity index (χ1v) is 18.6. The molecule has 6 aromatic carbocycles. The molecule has 0 saturated carbocycles. The van der Waals surface area contributed by atoms with Crippen LogP contribution in [0.15, 0.2) is 169 Å². The van der Waals surface area contributed by atoms with E-state index in [2.05, 4.69) is 176 Å². The van der Waals surface area contributed by atoms with Crippen molar-refractivity contribution >= 4 is 34.6 Å². The summed E-state index contributed by atoms with van der Waals surface area (Å²) in [5.74, 6) is 0. The number of rotatable bonds is 9. The van der Waals surface area contributed by atoms with Gasteiger partial charge in [-0.1, -0.05) is 145 Å². The Balaban J connectivity index is 1.40. The molecule has 0 bridgehead atoms. The van der Waals surface area contributed by atoms with Crippen LogP contribution in [0.3, 0.4) is 0 Å². The van der Waals surface area contributed by atoms with Crippen LogP contribution in [-0.4, -0.2) is 20.1 Å². The maximum Gasteiger partial charge on any atom is 0.0593 e. The second kappa shape index (κ2) is 13.8. The Kier molecular flexibility index (Phi) is 9.00. The highest BCUT2D eigenvalue weighted by molar-refractivity contribution is 6.31. The minimum absolute atomic E-state index is 0.0135. The molecule has 51 heavy (non-hydrogen) atoms. The first-order valence-electron chi connectivity index (χ1n) is 17.8. The van der Waals surface area contributed by atoms with Crippen molar-refractivity contribution < 1.29 is 0 Å². The Morgan fingerprint density at radius 2 is 0.922 bits per heavy atom. The third kappa shape index (κ3) is 6.15. The lowest BCUT2D eigenvalue weighted by molar-refractivity contribution is 0.388. The Hall–Kier alpha value is -4.76. The van der Waals surface area contributed by atoms with E-state index in [4.69, 9.17) is 23.2 Å². The van der Waals surface area contributed by atoms with E-state index in [0.717, 1.165) is 35.7 Å². The molecular weight excluding hydrogens is 663 g/mol. The summed E-state index contributed by atoms with van der Waals surface area (Å²) in [5, 5.41) is 1.53. The molecule has 2 nitrogen and oxygen atoms in total. The first kappa shape index (κ1) is 33.4. The topological polar surface area (TPSA) is 6.48 Å². The maximum absolute atomic E-state index is 6.89. The van der Waals surface area contributed by atoms with Crippen molar-refractivity contribution in [3.05, 3.63) is 213 Å². The molecule has 0 aliphatic carbocycles. The molecule has 2 heterocycles. The van der Waals surface area contributed by atoms with E-state index in [1.807, 2.05) is 12.1 Å². The molecule has 0 amide bonds. The lowest BCUT2D eigenvalue weighted by Gasteiger charge is -2.40. The number of halogens is 2. The fourth-order valence-electron chi connectivity index (χ4n) is 9.06. The Morgan fingerprint density at radius 3 is 1.39 bits per heavy atom. The molecule has 0 fully saturated rings. The molecule has 0 spiro atoms. The third-order valence-electron chi connectivity index (χ3n) is 11.3. The predicted molar refractivity (Wildman–Crippen MR) is 216 cm³/mol. The number of anilines is 2. The monoisotopic (exact) mass is 704 g/mol. The Morgan fingerprint density at radius 1 is 0.510 bits per heavy atom. The third-order valence-corrected chi connectivity index (χ3v) is 11.8. The van der Waals surface area contributed by atoms with Gasteiger partial charge in [-0.05, 0) is 102 Å². The summed E-state index contributed by atoms with van der Waals surface area (Å²) < 4.78 is 0. The molecule has 6 aromatic rings. The van der Waals surface area contributed by atoms with Crippen LogP contribution in [-0.2, 0) is 36.5 Å². The summed E-state index contributed by atoms with van der Waals surface area (Å²) in [7, 11) is 4.51. The van der Waals surface area contributed by atoms with Crippen LogP contribution in [0.2, 0.25) is 10.0 Å². The van der Waals surface area contributed by atoms with Crippen molar-refractivity contribution in [2.75, 3.05) is 23.9 Å². The molecule has 1 unspecified atom stereocenters. The zero-order valence-electron chi connectivity index (χ0n) is 29.1. The second-order valence-corrected chi connectivity index (χ2v) is 15.3. The highest BCUT2D eigenvalue weighted by atomic mass is 35.5. The largest absolute Gasteiger partial charge is 0.367 e. The van der Waals surface area contributed by atoms with Gasteiger partial charge < -0.3 is 9.80 Å². The van der Waals surface area contributed by atoms with Gasteiger partial charge in [0.2, 0.25) is 0 Å². The fraction of sp³-hybridized carbons (Fsp3) is 0.191. The quantitative estimate of drug-likeness (QED) is 0.148. The molecule has 254 valence electrons. The van der Waals surface area contributed by atoms with Crippen molar-refractivity contribution in [1.82, 2.24) is 0 Å². The minimum atomic E-state index is -0.379. The van der Waals surface area contributed by atoms with Crippen LogP contribution in [0.25, 0.3) is 0 Å². The second-order valence-electron chi connectivity index (χ2n) is 14.4. The van der Waals surface area contributed by atoms with Crippen molar-refractivity contribution in [3.63, 3.8) is 0 Å². The molecule has 2 aliphatic heterocycles. The number of likely N-dealkylation sites (N-methyl/N-ethyl adjacent to an activating group) is 2. The number of allylic oxidation sites excluding steroid dienone is 1. The van der Waals surface area contributed by atoms with E-state index >= 15 is 0 Å². The number of nitrogens with zero attached hydrogens (tertiary/aromatic N) is 2. The summed E-state index contributed by atoms with van der Waals surface area (Å²) in [6, 6.07) is 56.8. The normalized spacial score (nSPS) is 17.8. The number of hydrogen-bond acceptors (Lipinski definition) is 2. The van der Waals surface area contributed by atoms with E-state index < -0.39 is 0 Å². The maximum atomic E-state index is 6.89. The van der Waals surface area contributed by atoms with E-state index in [1.54, 1.807) is 0 Å². The minimum Gasteiger partial charge on any atom is -0.367 e. The molecule has 0 N–H and O–H groups in total. The molecule has 8 rings (SSSR count). The van der Waals surface area contributed by atoms with E-state index in [-0.39, 0.29) is 16.9 Å². The van der Waals surface area contributed by atoms with Crippen LogP contribution in [0.5, 0.6) is 0 Å². The highest BCUT2D eigenvalue weighted by Crippen LogP contribution is 2.55. The molecule has 4 heteroatoms. The lowest BCUT2D eigenvalue weighted by atomic mass is 9.66. The zero-order valence-corrected chi connectivity index (χ0v) is 30.7. The van der Waals surface area contributed by atoms with Crippen LogP contribution in [0.1, 0.15) is 33.4 Å². The number of benzene rings is 6. The van der Waals surface area contributed by atoms with Crippen molar-refractivity contribution in [1.29, 1.82) is 0 Å². The van der Waals surface area contributed by atoms with Crippen molar-refractivity contribution in [2.24, 2.45) is 0 Å². The molecule has 0 radical (unpaired) electrons. The fourth-order valence-corrected chi connectivity index (χ4v) is 9.41. The molecule has 2 aliphatic rings. The lowest BCUT2D eigenvalue weighted by Crippen LogP contribution is -2.47. The highest BCUT2D eigenvalue weighted by Gasteiger charge is 2.52. The SMILES string of the molecule is CN1/C(=C/C2N(C)c3ccc(Cl)cc3C2(Cc2ccccc2)Cc2ccccc2)C(Cc2ccccc2)(Cc2ccccc2)c2cc(Cl)ccc21. The summed E-state index contributed by atoms with van der Waals surface area (Å²) in [4.78, 5) is 4.95. The van der Waals surface area contributed by atoms with Crippen molar-refractivity contribution in [3.8, 4) is 0 Å². The Bertz CT molecular complexity index is 2080. The number of hydrogen-bond donors (Lipinski definition) is 0. The summed E-state index contributed by atoms with van der Waals surface area (Å²) >= 11 is 13.8. The summed E-state index contributed by atoms with van der Waals surface area (Å²) in [6.45, 7) is 0. The molecule has 0 saturated heterocycles. The molecular formula is C47H42Cl2N2. The van der Waals surface area contributed by atoms with E-state index in [9.17, 15) is 0 Å². The average molecular weight is 706 g/mol. The van der Waals surface area contributed by atoms with Gasteiger partial charge in [0.05, 0.1) is 6.04 Å². The summed E-state index contributed by atoms with van der Waals surface area (Å²) in [6.07, 6.45) is 6.01. The smallest absolute Gasteiger partial charge is 0.0593 e. The van der Waals surface area contributed by atoms with Gasteiger partial charge in [0, 0.05) is 52.0 Å². The predicted octanol–water partition coefficient (Wildman–Crippen LogP) is 11.3.